The van der Waals surface area contributed by atoms with E-state index in [4.69, 9.17) is 16.2 Å². The van der Waals surface area contributed by atoms with E-state index in [1.807, 2.05) is 12.1 Å². The minimum Gasteiger partial charge on any atom is -0.497 e. The van der Waals surface area contributed by atoms with Crippen LogP contribution in [0.3, 0.4) is 0 Å². The van der Waals surface area contributed by atoms with Gasteiger partial charge in [0.05, 0.1) is 13.2 Å². The summed E-state index contributed by atoms with van der Waals surface area (Å²) >= 11 is 0. The lowest BCUT2D eigenvalue weighted by atomic mass is 10.1. The number of hydrogen-bond donors (Lipinski definition) is 2. The van der Waals surface area contributed by atoms with Gasteiger partial charge in [-0.25, -0.2) is 4.99 Å². The zero-order valence-electron chi connectivity index (χ0n) is 8.68. The molecule has 2 rings (SSSR count). The fourth-order valence-corrected chi connectivity index (χ4v) is 1.73. The lowest BCUT2D eigenvalue weighted by Gasteiger charge is -2.01. The van der Waals surface area contributed by atoms with Crippen LogP contribution in [0.25, 0.3) is 0 Å². The molecule has 1 aliphatic carbocycles. The molecule has 80 valence electrons. The maximum Gasteiger partial charge on any atom is 0.186 e. The van der Waals surface area contributed by atoms with E-state index < -0.39 is 0 Å². The molecule has 0 aromatic heterocycles. The minimum absolute atomic E-state index is 0.177. The Morgan fingerprint density at radius 2 is 2.00 bits per heavy atom. The number of nitrogens with zero attached hydrogens (tertiary/aromatic N) is 1. The van der Waals surface area contributed by atoms with Crippen molar-refractivity contribution >= 4 is 5.96 Å². The van der Waals surface area contributed by atoms with Crippen molar-refractivity contribution in [2.75, 3.05) is 7.11 Å². The van der Waals surface area contributed by atoms with E-state index >= 15 is 0 Å². The predicted molar refractivity (Wildman–Crippen MR) is 59.9 cm³/mol. The molecular formula is C11H15N3O. The Hall–Kier alpha value is -1.71. The van der Waals surface area contributed by atoms with Gasteiger partial charge >= 0.3 is 0 Å². The van der Waals surface area contributed by atoms with E-state index in [1.54, 1.807) is 7.11 Å². The quantitative estimate of drug-likeness (QED) is 0.567. The Bertz CT molecular complexity index is 368. The molecule has 0 unspecified atom stereocenters. The Kier molecular flexibility index (Phi) is 2.49. The van der Waals surface area contributed by atoms with Crippen molar-refractivity contribution in [3.63, 3.8) is 0 Å². The number of ether oxygens (including phenoxy) is 1. The van der Waals surface area contributed by atoms with Gasteiger partial charge in [-0.05, 0) is 24.1 Å². The van der Waals surface area contributed by atoms with Crippen molar-refractivity contribution in [2.24, 2.45) is 16.5 Å². The van der Waals surface area contributed by atoms with Gasteiger partial charge in [0.25, 0.3) is 0 Å². The van der Waals surface area contributed by atoms with Gasteiger partial charge in [-0.1, -0.05) is 12.1 Å². The fourth-order valence-electron chi connectivity index (χ4n) is 1.73. The molecule has 0 amide bonds. The second-order valence-corrected chi connectivity index (χ2v) is 3.74. The molecule has 4 nitrogen and oxygen atoms in total. The van der Waals surface area contributed by atoms with E-state index in [1.165, 1.54) is 5.56 Å². The van der Waals surface area contributed by atoms with Crippen LogP contribution in [0.5, 0.6) is 5.75 Å². The first-order chi connectivity index (χ1) is 7.20. The van der Waals surface area contributed by atoms with Gasteiger partial charge in [-0.3, -0.25) is 0 Å². The average molecular weight is 205 g/mol. The summed E-state index contributed by atoms with van der Waals surface area (Å²) in [5.74, 6) is 1.52. The number of rotatable bonds is 3. The highest BCUT2D eigenvalue weighted by Gasteiger charge is 2.38. The number of hydrogen-bond acceptors (Lipinski definition) is 2. The van der Waals surface area contributed by atoms with Gasteiger partial charge in [0.2, 0.25) is 0 Å². The van der Waals surface area contributed by atoms with Crippen LogP contribution in [0.15, 0.2) is 29.3 Å². The topological polar surface area (TPSA) is 73.6 Å². The van der Waals surface area contributed by atoms with Gasteiger partial charge < -0.3 is 16.2 Å². The van der Waals surface area contributed by atoms with E-state index in [0.717, 1.165) is 12.2 Å². The number of guanidine groups is 1. The molecule has 2 atom stereocenters. The lowest BCUT2D eigenvalue weighted by molar-refractivity contribution is 0.414. The summed E-state index contributed by atoms with van der Waals surface area (Å²) in [6, 6.07) is 8.31. The summed E-state index contributed by atoms with van der Waals surface area (Å²) in [5, 5.41) is 0. The first kappa shape index (κ1) is 9.83. The number of benzene rings is 1. The number of nitrogens with two attached hydrogens (primary N) is 2. The van der Waals surface area contributed by atoms with Crippen LogP contribution in [0.4, 0.5) is 0 Å². The summed E-state index contributed by atoms with van der Waals surface area (Å²) in [6.45, 7) is 0. The van der Waals surface area contributed by atoms with Crippen molar-refractivity contribution < 1.29 is 4.74 Å². The highest BCUT2D eigenvalue weighted by Crippen LogP contribution is 2.43. The standard InChI is InChI=1S/C11H15N3O/c1-15-8-4-2-7(3-5-8)9-6-10(9)14-11(12)13/h2-5,9-10H,6H2,1H3,(H4,12,13,14)/t9-,10+/m0/s1. The third kappa shape index (κ3) is 2.21. The third-order valence-electron chi connectivity index (χ3n) is 2.62. The summed E-state index contributed by atoms with van der Waals surface area (Å²) in [6.07, 6.45) is 1.03. The van der Waals surface area contributed by atoms with E-state index in [2.05, 4.69) is 17.1 Å². The van der Waals surface area contributed by atoms with Gasteiger partial charge in [0.15, 0.2) is 5.96 Å². The first-order valence-corrected chi connectivity index (χ1v) is 4.93. The van der Waals surface area contributed by atoms with Crippen molar-refractivity contribution in [3.8, 4) is 5.75 Å². The fraction of sp³-hybridized carbons (Fsp3) is 0.364. The van der Waals surface area contributed by atoms with Crippen molar-refractivity contribution in [1.82, 2.24) is 0 Å². The van der Waals surface area contributed by atoms with Crippen molar-refractivity contribution in [3.05, 3.63) is 29.8 Å². The molecule has 1 saturated carbocycles. The Morgan fingerprint density at radius 3 is 2.53 bits per heavy atom. The Morgan fingerprint density at radius 1 is 1.33 bits per heavy atom. The lowest BCUT2D eigenvalue weighted by Crippen LogP contribution is -2.23. The molecule has 4 N–H and O–H groups in total. The largest absolute Gasteiger partial charge is 0.497 e. The summed E-state index contributed by atoms with van der Waals surface area (Å²) in [5.41, 5.74) is 11.9. The Balaban J connectivity index is 2.04. The van der Waals surface area contributed by atoms with Crippen LogP contribution in [0.1, 0.15) is 17.9 Å². The molecule has 0 radical (unpaired) electrons. The monoisotopic (exact) mass is 205 g/mol. The molecular weight excluding hydrogens is 190 g/mol. The molecule has 1 aromatic rings. The third-order valence-corrected chi connectivity index (χ3v) is 2.62. The summed E-state index contributed by atoms with van der Waals surface area (Å²) in [7, 11) is 1.66. The summed E-state index contributed by atoms with van der Waals surface area (Å²) < 4.78 is 5.09. The van der Waals surface area contributed by atoms with Crippen molar-refractivity contribution in [2.45, 2.75) is 18.4 Å². The minimum atomic E-state index is 0.177. The average Bonchev–Trinajstić information content (AvgIpc) is 2.96. The maximum absolute atomic E-state index is 5.33. The van der Waals surface area contributed by atoms with E-state index in [-0.39, 0.29) is 12.0 Å². The molecule has 0 bridgehead atoms. The van der Waals surface area contributed by atoms with Gasteiger partial charge in [-0.15, -0.1) is 0 Å². The van der Waals surface area contributed by atoms with E-state index in [9.17, 15) is 0 Å². The Labute approximate surface area is 88.9 Å². The summed E-state index contributed by atoms with van der Waals surface area (Å²) in [4.78, 5) is 4.13. The van der Waals surface area contributed by atoms with Gasteiger partial charge in [0, 0.05) is 5.92 Å². The molecule has 0 saturated heterocycles. The van der Waals surface area contributed by atoms with E-state index in [0.29, 0.717) is 5.92 Å². The smallest absolute Gasteiger partial charge is 0.186 e. The first-order valence-electron chi connectivity index (χ1n) is 4.93. The number of aliphatic imine (C=N–C) groups is 1. The van der Waals surface area contributed by atoms with Crippen LogP contribution in [-0.4, -0.2) is 19.1 Å². The highest BCUT2D eigenvalue weighted by molar-refractivity contribution is 5.76. The molecule has 1 aliphatic rings. The second kappa shape index (κ2) is 3.81. The van der Waals surface area contributed by atoms with Gasteiger partial charge in [0.1, 0.15) is 5.75 Å². The van der Waals surface area contributed by atoms with Gasteiger partial charge in [-0.2, -0.15) is 0 Å². The van der Waals surface area contributed by atoms with Crippen molar-refractivity contribution in [1.29, 1.82) is 0 Å². The van der Waals surface area contributed by atoms with Crippen LogP contribution in [0, 0.1) is 0 Å². The van der Waals surface area contributed by atoms with Crippen LogP contribution >= 0.6 is 0 Å². The van der Waals surface area contributed by atoms with Crippen LogP contribution in [-0.2, 0) is 0 Å². The molecule has 0 spiro atoms. The highest BCUT2D eigenvalue weighted by atomic mass is 16.5. The SMILES string of the molecule is COc1ccc([C@@H]2C[C@H]2N=C(N)N)cc1. The predicted octanol–water partition coefficient (Wildman–Crippen LogP) is 0.825. The molecule has 0 aliphatic heterocycles. The zero-order chi connectivity index (χ0) is 10.8. The molecule has 1 fully saturated rings. The second-order valence-electron chi connectivity index (χ2n) is 3.74. The molecule has 15 heavy (non-hydrogen) atoms. The van der Waals surface area contributed by atoms with Crippen LogP contribution < -0.4 is 16.2 Å². The maximum atomic E-state index is 5.33. The van der Waals surface area contributed by atoms with Crippen LogP contribution in [0.2, 0.25) is 0 Å². The normalized spacial score (nSPS) is 23.3. The molecule has 0 heterocycles. The number of methoxy groups -OCH3 is 1. The molecule has 1 aromatic carbocycles. The molecule has 4 heteroatoms. The zero-order valence-corrected chi connectivity index (χ0v) is 8.68.